The average molecular weight is 445 g/mol. The van der Waals surface area contributed by atoms with Crippen molar-refractivity contribution in [2.24, 2.45) is 0 Å². The minimum Gasteiger partial charge on any atom is -0.360 e. The Balaban J connectivity index is 1.44. The zero-order valence-corrected chi connectivity index (χ0v) is 17.1. The first kappa shape index (κ1) is 21.4. The van der Waals surface area contributed by atoms with Crippen LogP contribution in [-0.2, 0) is 9.59 Å². The number of aromatic nitrogens is 1. The fourth-order valence-electron chi connectivity index (χ4n) is 2.49. The molecule has 0 aliphatic rings. The SMILES string of the molecule is O=C(CNC(=O)c1c[nH]c2ccccc2c1=O)NNC(=O)CSc1ccc(Cl)cc1. The third-order valence-corrected chi connectivity index (χ3v) is 5.23. The van der Waals surface area contributed by atoms with Crippen LogP contribution in [0.25, 0.3) is 10.9 Å². The summed E-state index contributed by atoms with van der Waals surface area (Å²) < 4.78 is 0. The molecule has 0 saturated heterocycles. The van der Waals surface area contributed by atoms with Gasteiger partial charge in [-0.1, -0.05) is 23.7 Å². The Morgan fingerprint density at radius 3 is 2.43 bits per heavy atom. The van der Waals surface area contributed by atoms with Crippen LogP contribution in [0.4, 0.5) is 0 Å². The lowest BCUT2D eigenvalue weighted by atomic mass is 10.1. The number of hydrogen-bond donors (Lipinski definition) is 4. The van der Waals surface area contributed by atoms with E-state index in [0.29, 0.717) is 15.9 Å². The summed E-state index contributed by atoms with van der Waals surface area (Å²) in [7, 11) is 0. The topological polar surface area (TPSA) is 120 Å². The number of amides is 3. The highest BCUT2D eigenvalue weighted by Crippen LogP contribution is 2.19. The van der Waals surface area contributed by atoms with Crippen molar-refractivity contribution in [2.75, 3.05) is 12.3 Å². The molecule has 0 spiro atoms. The van der Waals surface area contributed by atoms with Gasteiger partial charge in [-0.15, -0.1) is 11.8 Å². The van der Waals surface area contributed by atoms with Gasteiger partial charge in [0.1, 0.15) is 5.56 Å². The van der Waals surface area contributed by atoms with Crippen LogP contribution < -0.4 is 21.6 Å². The first-order valence-electron chi connectivity index (χ1n) is 8.79. The number of nitrogens with one attached hydrogen (secondary N) is 4. The van der Waals surface area contributed by atoms with E-state index in [0.717, 1.165) is 4.90 Å². The highest BCUT2D eigenvalue weighted by atomic mass is 35.5. The number of pyridine rings is 1. The highest BCUT2D eigenvalue weighted by Gasteiger charge is 2.14. The second kappa shape index (κ2) is 9.95. The number of para-hydroxylation sites is 1. The Kier molecular flexibility index (Phi) is 7.10. The van der Waals surface area contributed by atoms with Crippen LogP contribution in [0.2, 0.25) is 5.02 Å². The molecule has 2 aromatic carbocycles. The van der Waals surface area contributed by atoms with E-state index >= 15 is 0 Å². The van der Waals surface area contributed by atoms with Gasteiger partial charge in [0.15, 0.2) is 0 Å². The van der Waals surface area contributed by atoms with Crippen molar-refractivity contribution in [2.45, 2.75) is 4.90 Å². The smallest absolute Gasteiger partial charge is 0.257 e. The fraction of sp³-hybridized carbons (Fsp3) is 0.100. The van der Waals surface area contributed by atoms with E-state index < -0.39 is 29.7 Å². The summed E-state index contributed by atoms with van der Waals surface area (Å²) in [6, 6.07) is 13.8. The van der Waals surface area contributed by atoms with Crippen LogP contribution >= 0.6 is 23.4 Å². The molecular weight excluding hydrogens is 428 g/mol. The molecule has 3 aromatic rings. The maximum absolute atomic E-state index is 12.4. The van der Waals surface area contributed by atoms with Gasteiger partial charge in [0.25, 0.3) is 11.8 Å². The van der Waals surface area contributed by atoms with E-state index in [9.17, 15) is 19.2 Å². The van der Waals surface area contributed by atoms with Crippen LogP contribution in [0, 0.1) is 0 Å². The Morgan fingerprint density at radius 1 is 0.967 bits per heavy atom. The summed E-state index contributed by atoms with van der Waals surface area (Å²) in [6.07, 6.45) is 1.30. The number of thioether (sulfide) groups is 1. The molecule has 3 amide bonds. The molecular formula is C20H17ClN4O4S. The maximum atomic E-state index is 12.4. The standard InChI is InChI=1S/C20H17ClN4O4S/c21-12-5-7-13(8-6-12)30-11-18(27)25-24-17(26)10-23-20(29)15-9-22-16-4-2-1-3-14(16)19(15)28/h1-9H,10-11H2,(H,22,28)(H,23,29)(H,24,26)(H,25,27). The quantitative estimate of drug-likeness (QED) is 0.341. The summed E-state index contributed by atoms with van der Waals surface area (Å²) in [5.74, 6) is -1.66. The molecule has 0 unspecified atom stereocenters. The molecule has 10 heteroatoms. The third-order valence-electron chi connectivity index (χ3n) is 3.97. The Morgan fingerprint density at radius 2 is 1.67 bits per heavy atom. The van der Waals surface area contributed by atoms with Crippen molar-refractivity contribution in [3.63, 3.8) is 0 Å². The lowest BCUT2D eigenvalue weighted by Crippen LogP contribution is -2.47. The summed E-state index contributed by atoms with van der Waals surface area (Å²) in [5, 5.41) is 3.33. The van der Waals surface area contributed by atoms with Gasteiger partial charge in [-0.2, -0.15) is 0 Å². The van der Waals surface area contributed by atoms with Gasteiger partial charge in [-0.25, -0.2) is 0 Å². The predicted molar refractivity (Wildman–Crippen MR) is 115 cm³/mol. The predicted octanol–water partition coefficient (Wildman–Crippen LogP) is 1.85. The van der Waals surface area contributed by atoms with Crippen LogP contribution in [0.5, 0.6) is 0 Å². The fourth-order valence-corrected chi connectivity index (χ4v) is 3.32. The van der Waals surface area contributed by atoms with Gasteiger partial charge in [0, 0.05) is 27.0 Å². The normalized spacial score (nSPS) is 10.4. The molecule has 1 aromatic heterocycles. The molecule has 1 heterocycles. The number of benzene rings is 2. The highest BCUT2D eigenvalue weighted by molar-refractivity contribution is 8.00. The summed E-state index contributed by atoms with van der Waals surface area (Å²) >= 11 is 7.08. The van der Waals surface area contributed by atoms with E-state index in [1.54, 1.807) is 48.5 Å². The van der Waals surface area contributed by atoms with Gasteiger partial charge < -0.3 is 10.3 Å². The van der Waals surface area contributed by atoms with Crippen LogP contribution in [0.3, 0.4) is 0 Å². The van der Waals surface area contributed by atoms with Crippen molar-refractivity contribution in [3.05, 3.63) is 75.5 Å². The number of hydrazine groups is 1. The number of halogens is 1. The molecule has 0 fully saturated rings. The zero-order valence-electron chi connectivity index (χ0n) is 15.5. The Labute approximate surface area is 180 Å². The summed E-state index contributed by atoms with van der Waals surface area (Å²) in [4.78, 5) is 52.0. The molecule has 0 aliphatic heterocycles. The van der Waals surface area contributed by atoms with E-state index in [4.69, 9.17) is 11.6 Å². The molecule has 0 atom stereocenters. The summed E-state index contributed by atoms with van der Waals surface area (Å²) in [5.41, 5.74) is 4.53. The van der Waals surface area contributed by atoms with Crippen molar-refractivity contribution in [1.29, 1.82) is 0 Å². The van der Waals surface area contributed by atoms with Gasteiger partial charge in [-0.05, 0) is 36.4 Å². The second-order valence-electron chi connectivity index (χ2n) is 6.10. The third kappa shape index (κ3) is 5.62. The Hall–Kier alpha value is -3.30. The molecule has 4 N–H and O–H groups in total. The molecule has 154 valence electrons. The molecule has 8 nitrogen and oxygen atoms in total. The van der Waals surface area contributed by atoms with Crippen LogP contribution in [-0.4, -0.2) is 35.0 Å². The molecule has 0 saturated carbocycles. The Bertz CT molecular complexity index is 1150. The lowest BCUT2D eigenvalue weighted by Gasteiger charge is -2.09. The molecule has 0 bridgehead atoms. The van der Waals surface area contributed by atoms with Crippen molar-refractivity contribution in [1.82, 2.24) is 21.2 Å². The largest absolute Gasteiger partial charge is 0.360 e. The molecule has 0 radical (unpaired) electrons. The minimum absolute atomic E-state index is 0.0841. The molecule has 30 heavy (non-hydrogen) atoms. The maximum Gasteiger partial charge on any atom is 0.257 e. The monoisotopic (exact) mass is 444 g/mol. The number of carbonyl (C=O) groups excluding carboxylic acids is 3. The van der Waals surface area contributed by atoms with Gasteiger partial charge >= 0.3 is 0 Å². The van der Waals surface area contributed by atoms with Gasteiger partial charge in [-0.3, -0.25) is 30.0 Å². The number of rotatable bonds is 6. The van der Waals surface area contributed by atoms with Crippen LogP contribution in [0.1, 0.15) is 10.4 Å². The number of hydrogen-bond acceptors (Lipinski definition) is 5. The molecule has 3 rings (SSSR count). The lowest BCUT2D eigenvalue weighted by molar-refractivity contribution is -0.127. The zero-order chi connectivity index (χ0) is 21.5. The van der Waals surface area contributed by atoms with E-state index in [1.807, 2.05) is 0 Å². The number of carbonyl (C=O) groups is 3. The van der Waals surface area contributed by atoms with Crippen molar-refractivity contribution < 1.29 is 14.4 Å². The van der Waals surface area contributed by atoms with Gasteiger partial charge in [0.05, 0.1) is 12.3 Å². The summed E-state index contributed by atoms with van der Waals surface area (Å²) in [6.45, 7) is -0.407. The molecule has 0 aliphatic carbocycles. The second-order valence-corrected chi connectivity index (χ2v) is 7.58. The minimum atomic E-state index is -0.693. The number of aromatic amines is 1. The number of fused-ring (bicyclic) bond motifs is 1. The van der Waals surface area contributed by atoms with E-state index in [-0.39, 0.29) is 11.3 Å². The van der Waals surface area contributed by atoms with Crippen molar-refractivity contribution in [3.8, 4) is 0 Å². The first-order chi connectivity index (χ1) is 14.4. The average Bonchev–Trinajstić information content (AvgIpc) is 2.76. The number of H-pyrrole nitrogens is 1. The van der Waals surface area contributed by atoms with Crippen molar-refractivity contribution >= 4 is 52.0 Å². The van der Waals surface area contributed by atoms with E-state index in [2.05, 4.69) is 21.2 Å². The van der Waals surface area contributed by atoms with Crippen LogP contribution in [0.15, 0.2) is 64.4 Å². The van der Waals surface area contributed by atoms with E-state index in [1.165, 1.54) is 18.0 Å². The first-order valence-corrected chi connectivity index (χ1v) is 10.1. The van der Waals surface area contributed by atoms with Gasteiger partial charge in [0.2, 0.25) is 11.3 Å².